The van der Waals surface area contributed by atoms with Gasteiger partial charge in [-0.3, -0.25) is 15.1 Å². The number of amides is 1. The Morgan fingerprint density at radius 2 is 2.15 bits per heavy atom. The lowest BCUT2D eigenvalue weighted by molar-refractivity contribution is -0.131. The molecule has 0 atom stereocenters. The Kier molecular flexibility index (Phi) is 7.70. The Bertz CT molecular complexity index is 756. The number of hydrogen-bond acceptors (Lipinski definition) is 4. The van der Waals surface area contributed by atoms with Gasteiger partial charge in [-0.1, -0.05) is 29.3 Å². The molecular formula is C17H20Cl2N6O. The highest BCUT2D eigenvalue weighted by Gasteiger charge is 2.21. The largest absolute Gasteiger partial charge is 0.356 e. The molecule has 0 spiro atoms. The van der Waals surface area contributed by atoms with Crippen LogP contribution < -0.4 is 10.6 Å². The average Bonchev–Trinajstić information content (AvgIpc) is 2.64. The number of carbonyl (C=O) groups is 1. The molecule has 7 nitrogen and oxygen atoms in total. The third-order valence-corrected chi connectivity index (χ3v) is 4.58. The number of hydrazone groups is 1. The number of carbonyl (C=O) groups excluding carboxylic acids is 1. The number of benzene rings is 1. The molecule has 0 unspecified atom stereocenters. The molecule has 0 aliphatic carbocycles. The molecule has 1 aromatic rings. The van der Waals surface area contributed by atoms with E-state index >= 15 is 0 Å². The Balaban J connectivity index is 1.88. The fraction of sp³-hybridized carbons (Fsp3) is 0.412. The first kappa shape index (κ1) is 20.0. The van der Waals surface area contributed by atoms with Gasteiger partial charge in [0.1, 0.15) is 0 Å². The van der Waals surface area contributed by atoms with Crippen molar-refractivity contribution in [1.82, 2.24) is 15.6 Å². The fourth-order valence-electron chi connectivity index (χ4n) is 2.48. The summed E-state index contributed by atoms with van der Waals surface area (Å²) in [6.45, 7) is 1.18. The number of hydrogen-bond donors (Lipinski definition) is 2. The van der Waals surface area contributed by atoms with Crippen molar-refractivity contribution < 1.29 is 4.79 Å². The van der Waals surface area contributed by atoms with Gasteiger partial charge in [-0.15, -0.1) is 0 Å². The molecule has 0 saturated heterocycles. The molecule has 0 radical (unpaired) electrons. The van der Waals surface area contributed by atoms with Gasteiger partial charge in [0.2, 0.25) is 11.9 Å². The van der Waals surface area contributed by atoms with Gasteiger partial charge in [0.25, 0.3) is 0 Å². The van der Waals surface area contributed by atoms with Crippen LogP contribution in [0.3, 0.4) is 0 Å². The molecule has 0 saturated carbocycles. The Morgan fingerprint density at radius 1 is 1.35 bits per heavy atom. The number of nitrogens with one attached hydrogen (secondary N) is 2. The van der Waals surface area contributed by atoms with E-state index in [1.807, 2.05) is 12.3 Å². The summed E-state index contributed by atoms with van der Waals surface area (Å²) in [5, 5.41) is 21.0. The molecule has 9 heteroatoms. The minimum absolute atomic E-state index is 0.0173. The quantitative estimate of drug-likeness (QED) is 0.255. The molecule has 1 amide bonds. The number of halogens is 2. The van der Waals surface area contributed by atoms with Gasteiger partial charge in [-0.25, -0.2) is 5.01 Å². The monoisotopic (exact) mass is 394 g/mol. The molecule has 2 N–H and O–H groups in total. The van der Waals surface area contributed by atoms with Crippen LogP contribution >= 0.6 is 23.2 Å². The highest BCUT2D eigenvalue weighted by Crippen LogP contribution is 2.25. The van der Waals surface area contributed by atoms with Crippen LogP contribution in [0.4, 0.5) is 0 Å². The van der Waals surface area contributed by atoms with Gasteiger partial charge >= 0.3 is 0 Å². The van der Waals surface area contributed by atoms with E-state index in [2.05, 4.69) is 20.7 Å². The van der Waals surface area contributed by atoms with Crippen LogP contribution in [0.5, 0.6) is 0 Å². The molecule has 1 aliphatic rings. The molecule has 0 aromatic heterocycles. The van der Waals surface area contributed by atoms with E-state index in [1.54, 1.807) is 19.2 Å². The minimum atomic E-state index is 0.0173. The van der Waals surface area contributed by atoms with E-state index in [-0.39, 0.29) is 5.91 Å². The predicted octanol–water partition coefficient (Wildman–Crippen LogP) is 2.75. The third kappa shape index (κ3) is 5.61. The van der Waals surface area contributed by atoms with Crippen molar-refractivity contribution in [3.05, 3.63) is 33.8 Å². The van der Waals surface area contributed by atoms with Gasteiger partial charge in [0, 0.05) is 33.0 Å². The number of rotatable bonds is 6. The van der Waals surface area contributed by atoms with E-state index in [1.165, 1.54) is 5.01 Å². The van der Waals surface area contributed by atoms with Crippen molar-refractivity contribution in [2.45, 2.75) is 25.7 Å². The summed E-state index contributed by atoms with van der Waals surface area (Å²) < 4.78 is 0. The summed E-state index contributed by atoms with van der Waals surface area (Å²) in [5.74, 6) is 0.449. The first-order valence-electron chi connectivity index (χ1n) is 8.24. The lowest BCUT2D eigenvalue weighted by Crippen LogP contribution is -2.36. The van der Waals surface area contributed by atoms with Crippen LogP contribution in [0.25, 0.3) is 0 Å². The second-order valence-electron chi connectivity index (χ2n) is 5.64. The van der Waals surface area contributed by atoms with Crippen molar-refractivity contribution in [2.24, 2.45) is 10.1 Å². The zero-order chi connectivity index (χ0) is 18.9. The van der Waals surface area contributed by atoms with E-state index in [4.69, 9.17) is 28.5 Å². The topological polar surface area (TPSA) is 92.9 Å². The summed E-state index contributed by atoms with van der Waals surface area (Å²) in [6, 6.07) is 5.36. The number of guanidine groups is 1. The highest BCUT2D eigenvalue weighted by atomic mass is 35.5. The first-order chi connectivity index (χ1) is 12.5. The Morgan fingerprint density at radius 3 is 2.85 bits per heavy atom. The van der Waals surface area contributed by atoms with Crippen LogP contribution in [0, 0.1) is 11.5 Å². The summed E-state index contributed by atoms with van der Waals surface area (Å²) >= 11 is 12.0. The van der Waals surface area contributed by atoms with Gasteiger partial charge in [-0.2, -0.15) is 10.4 Å². The third-order valence-electron chi connectivity index (χ3n) is 3.84. The Hall–Kier alpha value is -2.30. The zero-order valence-corrected chi connectivity index (χ0v) is 15.9. The molecule has 1 aromatic carbocycles. The maximum Gasteiger partial charge on any atom is 0.243 e. The van der Waals surface area contributed by atoms with Crippen molar-refractivity contribution in [2.75, 3.05) is 20.1 Å². The number of unbranched alkanes of at least 4 members (excludes halogenated alkanes) is 1. The maximum absolute atomic E-state index is 12.1. The summed E-state index contributed by atoms with van der Waals surface area (Å²) in [5.41, 5.74) is 1.71. The summed E-state index contributed by atoms with van der Waals surface area (Å²) in [4.78, 5) is 16.0. The molecule has 0 bridgehead atoms. The lowest BCUT2D eigenvalue weighted by Gasteiger charge is -2.24. The molecule has 138 valence electrons. The maximum atomic E-state index is 12.1. The van der Waals surface area contributed by atoms with E-state index in [9.17, 15) is 4.79 Å². The molecule has 0 fully saturated rings. The van der Waals surface area contributed by atoms with Crippen molar-refractivity contribution in [3.8, 4) is 6.19 Å². The van der Waals surface area contributed by atoms with Crippen LogP contribution in [0.15, 0.2) is 28.3 Å². The smallest absolute Gasteiger partial charge is 0.243 e. The van der Waals surface area contributed by atoms with E-state index < -0.39 is 0 Å². The summed E-state index contributed by atoms with van der Waals surface area (Å²) in [6.07, 6.45) is 4.42. The second-order valence-corrected chi connectivity index (χ2v) is 6.45. The van der Waals surface area contributed by atoms with E-state index in [0.29, 0.717) is 41.9 Å². The van der Waals surface area contributed by atoms with Crippen LogP contribution in [0.2, 0.25) is 10.0 Å². The van der Waals surface area contributed by atoms with Crippen molar-refractivity contribution in [1.29, 1.82) is 5.26 Å². The number of nitrogens with zero attached hydrogens (tertiary/aromatic N) is 4. The molecular weight excluding hydrogens is 375 g/mol. The molecule has 1 heterocycles. The van der Waals surface area contributed by atoms with Crippen molar-refractivity contribution >= 4 is 40.8 Å². The van der Waals surface area contributed by atoms with E-state index in [0.717, 1.165) is 24.1 Å². The van der Waals surface area contributed by atoms with Crippen LogP contribution in [-0.4, -0.2) is 42.7 Å². The standard InChI is InChI=1S/C17H20Cl2N6O/c1-21-17(23-11-20)22-8-2-3-9-25-16(26)7-6-15(24-25)12-4-5-13(18)14(19)10-12/h4-5,10H,2-3,6-9H2,1H3,(H2,21,22,23). The molecule has 26 heavy (non-hydrogen) atoms. The van der Waals surface area contributed by atoms with Crippen LogP contribution in [0.1, 0.15) is 31.2 Å². The second kappa shape index (κ2) is 10.00. The molecule has 2 rings (SSSR count). The van der Waals surface area contributed by atoms with Gasteiger partial charge in [0.05, 0.1) is 15.8 Å². The van der Waals surface area contributed by atoms with Crippen LogP contribution in [-0.2, 0) is 4.79 Å². The normalized spacial score (nSPS) is 14.7. The fourth-order valence-corrected chi connectivity index (χ4v) is 2.78. The van der Waals surface area contributed by atoms with Gasteiger partial charge < -0.3 is 5.32 Å². The predicted molar refractivity (Wildman–Crippen MR) is 103 cm³/mol. The SMILES string of the molecule is C/N=C(\NC#N)NCCCCN1N=C(c2ccc(Cl)c(Cl)c2)CCC1=O. The summed E-state index contributed by atoms with van der Waals surface area (Å²) in [7, 11) is 1.60. The van der Waals surface area contributed by atoms with Gasteiger partial charge in [-0.05, 0) is 30.5 Å². The zero-order valence-electron chi connectivity index (χ0n) is 14.4. The Labute approximate surface area is 162 Å². The van der Waals surface area contributed by atoms with Gasteiger partial charge in [0.15, 0.2) is 6.19 Å². The molecule has 1 aliphatic heterocycles. The number of aliphatic imine (C=N–C) groups is 1. The number of nitriles is 1. The minimum Gasteiger partial charge on any atom is -0.356 e. The highest BCUT2D eigenvalue weighted by molar-refractivity contribution is 6.42. The first-order valence-corrected chi connectivity index (χ1v) is 8.99. The average molecular weight is 395 g/mol. The van der Waals surface area contributed by atoms with Crippen molar-refractivity contribution in [3.63, 3.8) is 0 Å². The lowest BCUT2D eigenvalue weighted by atomic mass is 10.0.